The van der Waals surface area contributed by atoms with E-state index >= 15 is 0 Å². The average Bonchev–Trinajstić information content (AvgIpc) is 2.84. The molecule has 0 unspecified atom stereocenters. The van der Waals surface area contributed by atoms with Crippen molar-refractivity contribution in [2.45, 2.75) is 34.6 Å². The average molecular weight is 340 g/mol. The van der Waals surface area contributed by atoms with Crippen molar-refractivity contribution >= 4 is 27.3 Å². The van der Waals surface area contributed by atoms with Crippen molar-refractivity contribution in [3.8, 4) is 5.88 Å². The Bertz CT molecular complexity index is 944. The molecule has 3 aromatic rings. The summed E-state index contributed by atoms with van der Waals surface area (Å²) in [6.07, 6.45) is 1.48. The van der Waals surface area contributed by atoms with Crippen molar-refractivity contribution in [3.63, 3.8) is 0 Å². The quantitative estimate of drug-likeness (QED) is 0.656. The van der Waals surface area contributed by atoms with Gasteiger partial charge >= 0.3 is 0 Å². The highest BCUT2D eigenvalue weighted by Gasteiger charge is 2.16. The molecule has 124 valence electrons. The van der Waals surface area contributed by atoms with Crippen LogP contribution < -0.4 is 4.74 Å². The molecule has 0 saturated heterocycles. The predicted molar refractivity (Wildman–Crippen MR) is 97.4 cm³/mol. The first kappa shape index (κ1) is 16.6. The zero-order chi connectivity index (χ0) is 17.4. The predicted octanol–water partition coefficient (Wildman–Crippen LogP) is 4.50. The summed E-state index contributed by atoms with van der Waals surface area (Å²) >= 11 is 1.61. The van der Waals surface area contributed by atoms with Gasteiger partial charge in [0, 0.05) is 10.4 Å². The summed E-state index contributed by atoms with van der Waals surface area (Å²) in [5.41, 5.74) is 5.09. The maximum atomic E-state index is 12.6. The molecule has 0 radical (unpaired) electrons. The van der Waals surface area contributed by atoms with E-state index in [2.05, 4.69) is 16.9 Å². The minimum absolute atomic E-state index is 0.0240. The van der Waals surface area contributed by atoms with Crippen molar-refractivity contribution < 1.29 is 9.53 Å². The Labute approximate surface area is 145 Å². The summed E-state index contributed by atoms with van der Waals surface area (Å²) in [7, 11) is 0. The van der Waals surface area contributed by atoms with E-state index in [1.807, 2.05) is 39.8 Å². The monoisotopic (exact) mass is 340 g/mol. The normalized spacial score (nSPS) is 11.0. The van der Waals surface area contributed by atoms with E-state index in [0.29, 0.717) is 11.4 Å². The molecule has 0 aliphatic heterocycles. The van der Waals surface area contributed by atoms with Gasteiger partial charge in [-0.15, -0.1) is 11.3 Å². The summed E-state index contributed by atoms with van der Waals surface area (Å²) in [6.45, 7) is 10.1. The van der Waals surface area contributed by atoms with Crippen LogP contribution in [0.25, 0.3) is 10.2 Å². The highest BCUT2D eigenvalue weighted by molar-refractivity contribution is 7.18. The Morgan fingerprint density at radius 2 is 1.75 bits per heavy atom. The van der Waals surface area contributed by atoms with Crippen LogP contribution in [0, 0.1) is 34.6 Å². The first-order valence-electron chi connectivity index (χ1n) is 7.83. The van der Waals surface area contributed by atoms with Gasteiger partial charge in [0.05, 0.1) is 5.39 Å². The number of carbonyl (C=O) groups excluding carboxylic acids is 1. The number of aromatic nitrogens is 2. The molecular weight excluding hydrogens is 320 g/mol. The summed E-state index contributed by atoms with van der Waals surface area (Å²) in [4.78, 5) is 23.2. The SMILES string of the molecule is Cc1cc(C)c(C(=O)COc2ncnc3sc(C)c(C)c23)cc1C. The second-order valence-corrected chi connectivity index (χ2v) is 7.31. The molecule has 0 fully saturated rings. The molecule has 2 aromatic heterocycles. The molecule has 3 rings (SSSR count). The Balaban J connectivity index is 1.86. The molecule has 24 heavy (non-hydrogen) atoms. The fourth-order valence-electron chi connectivity index (χ4n) is 2.73. The number of rotatable bonds is 4. The second kappa shape index (κ2) is 6.32. The minimum Gasteiger partial charge on any atom is -0.469 e. The Morgan fingerprint density at radius 3 is 2.50 bits per heavy atom. The molecule has 0 saturated carbocycles. The number of carbonyl (C=O) groups is 1. The summed E-state index contributed by atoms with van der Waals surface area (Å²) in [6, 6.07) is 3.98. The lowest BCUT2D eigenvalue weighted by atomic mass is 9.98. The van der Waals surface area contributed by atoms with E-state index in [1.54, 1.807) is 11.3 Å². The van der Waals surface area contributed by atoms with Gasteiger partial charge in [-0.2, -0.15) is 0 Å². The molecule has 1 aromatic carbocycles. The first-order valence-corrected chi connectivity index (χ1v) is 8.64. The molecule has 0 atom stereocenters. The molecule has 0 amide bonds. The van der Waals surface area contributed by atoms with Gasteiger partial charge in [-0.05, 0) is 62.9 Å². The number of fused-ring (bicyclic) bond motifs is 1. The smallest absolute Gasteiger partial charge is 0.226 e. The van der Waals surface area contributed by atoms with E-state index in [9.17, 15) is 4.79 Å². The molecular formula is C19H20N2O2S. The van der Waals surface area contributed by atoms with Crippen LogP contribution in [-0.2, 0) is 0 Å². The number of nitrogens with zero attached hydrogens (tertiary/aromatic N) is 2. The third kappa shape index (κ3) is 2.91. The number of aryl methyl sites for hydroxylation is 5. The highest BCUT2D eigenvalue weighted by Crippen LogP contribution is 2.33. The maximum absolute atomic E-state index is 12.6. The third-order valence-corrected chi connectivity index (χ3v) is 5.53. The van der Waals surface area contributed by atoms with Gasteiger partial charge in [-0.1, -0.05) is 6.07 Å². The number of hydrogen-bond donors (Lipinski definition) is 0. The van der Waals surface area contributed by atoms with E-state index < -0.39 is 0 Å². The Morgan fingerprint density at radius 1 is 1.04 bits per heavy atom. The van der Waals surface area contributed by atoms with Crippen molar-refractivity contribution in [2.24, 2.45) is 0 Å². The third-order valence-electron chi connectivity index (χ3n) is 4.41. The van der Waals surface area contributed by atoms with E-state index in [0.717, 1.165) is 26.9 Å². The molecule has 0 N–H and O–H groups in total. The molecule has 0 bridgehead atoms. The lowest BCUT2D eigenvalue weighted by molar-refractivity contribution is 0.0918. The van der Waals surface area contributed by atoms with Crippen LogP contribution in [0.3, 0.4) is 0 Å². The van der Waals surface area contributed by atoms with Crippen LogP contribution in [0.5, 0.6) is 5.88 Å². The van der Waals surface area contributed by atoms with Gasteiger partial charge in [-0.3, -0.25) is 4.79 Å². The lowest BCUT2D eigenvalue weighted by Gasteiger charge is -2.10. The van der Waals surface area contributed by atoms with Crippen LogP contribution in [0.15, 0.2) is 18.5 Å². The van der Waals surface area contributed by atoms with Crippen LogP contribution in [-0.4, -0.2) is 22.4 Å². The number of ketones is 1. The second-order valence-electron chi connectivity index (χ2n) is 6.11. The van der Waals surface area contributed by atoms with Crippen LogP contribution in [0.2, 0.25) is 0 Å². The van der Waals surface area contributed by atoms with Gasteiger partial charge in [0.2, 0.25) is 11.7 Å². The Kier molecular flexibility index (Phi) is 4.37. The lowest BCUT2D eigenvalue weighted by Crippen LogP contribution is -2.14. The highest BCUT2D eigenvalue weighted by atomic mass is 32.1. The zero-order valence-corrected chi connectivity index (χ0v) is 15.4. The standard InChI is InChI=1S/C19H20N2O2S/c1-10-6-12(3)15(7-11(10)2)16(22)8-23-18-17-13(4)14(5)24-19(17)21-9-20-18/h6-7,9H,8H2,1-5H3. The molecule has 0 aliphatic rings. The molecule has 2 heterocycles. The molecule has 4 nitrogen and oxygen atoms in total. The van der Waals surface area contributed by atoms with Gasteiger partial charge in [0.25, 0.3) is 0 Å². The molecule has 5 heteroatoms. The van der Waals surface area contributed by atoms with Crippen molar-refractivity contribution in [2.75, 3.05) is 6.61 Å². The number of thiophene rings is 1. The fraction of sp³-hybridized carbons (Fsp3) is 0.316. The van der Waals surface area contributed by atoms with Gasteiger partial charge in [-0.25, -0.2) is 9.97 Å². The van der Waals surface area contributed by atoms with Gasteiger partial charge < -0.3 is 4.74 Å². The number of benzene rings is 1. The largest absolute Gasteiger partial charge is 0.469 e. The van der Waals surface area contributed by atoms with Crippen molar-refractivity contribution in [3.05, 3.63) is 51.2 Å². The number of ether oxygens (including phenoxy) is 1. The summed E-state index contributed by atoms with van der Waals surface area (Å²) in [5.74, 6) is 0.448. The van der Waals surface area contributed by atoms with Gasteiger partial charge in [0.1, 0.15) is 11.2 Å². The topological polar surface area (TPSA) is 52.1 Å². The van der Waals surface area contributed by atoms with E-state index in [4.69, 9.17) is 4.74 Å². The number of Topliss-reactive ketones (excluding diaryl/α,β-unsaturated/α-hetero) is 1. The van der Waals surface area contributed by atoms with E-state index in [-0.39, 0.29) is 12.4 Å². The summed E-state index contributed by atoms with van der Waals surface area (Å²) in [5, 5.41) is 0.907. The first-order chi connectivity index (χ1) is 11.4. The molecule has 0 spiro atoms. The summed E-state index contributed by atoms with van der Waals surface area (Å²) < 4.78 is 5.76. The minimum atomic E-state index is -0.0352. The molecule has 0 aliphatic carbocycles. The van der Waals surface area contributed by atoms with Crippen molar-refractivity contribution in [1.82, 2.24) is 9.97 Å². The van der Waals surface area contributed by atoms with Crippen LogP contribution in [0.1, 0.15) is 37.5 Å². The van der Waals surface area contributed by atoms with Crippen LogP contribution >= 0.6 is 11.3 Å². The number of hydrogen-bond acceptors (Lipinski definition) is 5. The van der Waals surface area contributed by atoms with Crippen molar-refractivity contribution in [1.29, 1.82) is 0 Å². The van der Waals surface area contributed by atoms with E-state index in [1.165, 1.54) is 16.8 Å². The maximum Gasteiger partial charge on any atom is 0.226 e. The Hall–Kier alpha value is -2.27. The van der Waals surface area contributed by atoms with Gasteiger partial charge in [0.15, 0.2) is 6.61 Å². The van der Waals surface area contributed by atoms with Crippen LogP contribution in [0.4, 0.5) is 0 Å². The zero-order valence-electron chi connectivity index (χ0n) is 14.6. The fourth-order valence-corrected chi connectivity index (χ4v) is 3.72.